The number of sulfonamides is 1. The van der Waals surface area contributed by atoms with Gasteiger partial charge in [-0.2, -0.15) is 0 Å². The molecule has 2 rings (SSSR count). The zero-order valence-electron chi connectivity index (χ0n) is 13.0. The average molecular weight is 355 g/mol. The summed E-state index contributed by atoms with van der Waals surface area (Å²) in [5.41, 5.74) is -1.78. The highest BCUT2D eigenvalue weighted by molar-refractivity contribution is 7.89. The number of hydrogen-bond acceptors (Lipinski definition) is 7. The SMILES string of the molecule is Cc1ccc(C(C)(O)CNc2ccc([N+](=O)[O-])cc2S(N)(=O)=O)o1. The van der Waals surface area contributed by atoms with Crippen molar-refractivity contribution in [1.29, 1.82) is 0 Å². The number of benzene rings is 1. The highest BCUT2D eigenvalue weighted by Gasteiger charge is 2.28. The molecule has 0 amide bonds. The van der Waals surface area contributed by atoms with E-state index >= 15 is 0 Å². The molecule has 1 aromatic carbocycles. The number of nitro groups is 1. The summed E-state index contributed by atoms with van der Waals surface area (Å²) in [4.78, 5) is 9.64. The Morgan fingerprint density at radius 3 is 2.54 bits per heavy atom. The van der Waals surface area contributed by atoms with E-state index < -0.39 is 31.1 Å². The summed E-state index contributed by atoms with van der Waals surface area (Å²) in [5.74, 6) is 0.914. The second-order valence-corrected chi connectivity index (χ2v) is 7.05. The summed E-state index contributed by atoms with van der Waals surface area (Å²) in [5, 5.41) is 29.1. The van der Waals surface area contributed by atoms with E-state index in [1.54, 1.807) is 19.1 Å². The van der Waals surface area contributed by atoms with Crippen molar-refractivity contribution in [2.75, 3.05) is 11.9 Å². The third-order valence-corrected chi connectivity index (χ3v) is 4.33. The average Bonchev–Trinajstić information content (AvgIpc) is 2.91. The molecule has 0 fully saturated rings. The zero-order chi connectivity index (χ0) is 18.1. The fourth-order valence-electron chi connectivity index (χ4n) is 2.08. The van der Waals surface area contributed by atoms with Crippen LogP contribution in [0.3, 0.4) is 0 Å². The zero-order valence-corrected chi connectivity index (χ0v) is 13.8. The highest BCUT2D eigenvalue weighted by Crippen LogP contribution is 2.28. The number of rotatable bonds is 6. The minimum absolute atomic E-state index is 0.0478. The van der Waals surface area contributed by atoms with Crippen LogP contribution in [-0.2, 0) is 15.6 Å². The number of nitro benzene ring substituents is 1. The van der Waals surface area contributed by atoms with Crippen molar-refractivity contribution in [3.8, 4) is 0 Å². The van der Waals surface area contributed by atoms with Gasteiger partial charge in [-0.1, -0.05) is 0 Å². The van der Waals surface area contributed by atoms with Crippen LogP contribution >= 0.6 is 0 Å². The number of anilines is 1. The number of non-ortho nitro benzene ring substituents is 1. The Labute approximate surface area is 138 Å². The van der Waals surface area contributed by atoms with Crippen LogP contribution in [0.5, 0.6) is 0 Å². The summed E-state index contributed by atoms with van der Waals surface area (Å²) in [6, 6.07) is 6.52. The van der Waals surface area contributed by atoms with Crippen LogP contribution in [0.2, 0.25) is 0 Å². The summed E-state index contributed by atoms with van der Waals surface area (Å²) < 4.78 is 28.7. The molecule has 0 bridgehead atoms. The molecular weight excluding hydrogens is 338 g/mol. The number of hydrogen-bond donors (Lipinski definition) is 3. The van der Waals surface area contributed by atoms with Crippen LogP contribution in [0.15, 0.2) is 39.6 Å². The second kappa shape index (κ2) is 6.23. The van der Waals surface area contributed by atoms with Crippen molar-refractivity contribution in [2.45, 2.75) is 24.3 Å². The number of nitrogens with two attached hydrogens (primary N) is 1. The third-order valence-electron chi connectivity index (χ3n) is 3.38. The van der Waals surface area contributed by atoms with Crippen LogP contribution in [0, 0.1) is 17.0 Å². The van der Waals surface area contributed by atoms with Crippen molar-refractivity contribution in [2.24, 2.45) is 5.14 Å². The van der Waals surface area contributed by atoms with Crippen molar-refractivity contribution in [3.05, 3.63) is 52.0 Å². The number of nitrogens with zero attached hydrogens (tertiary/aromatic N) is 1. The smallest absolute Gasteiger partial charge is 0.270 e. The lowest BCUT2D eigenvalue weighted by Crippen LogP contribution is -2.31. The lowest BCUT2D eigenvalue weighted by molar-refractivity contribution is -0.385. The van der Waals surface area contributed by atoms with Gasteiger partial charge in [0, 0.05) is 12.1 Å². The van der Waals surface area contributed by atoms with Crippen LogP contribution in [-0.4, -0.2) is 25.0 Å². The van der Waals surface area contributed by atoms with E-state index in [0.717, 1.165) is 12.1 Å². The van der Waals surface area contributed by atoms with E-state index in [0.29, 0.717) is 11.5 Å². The third kappa shape index (κ3) is 3.91. The standard InChI is InChI=1S/C14H17N3O6S/c1-9-3-6-13(23-9)14(2,18)8-16-11-5-4-10(17(19)20)7-12(11)24(15,21)22/h3-7,16,18H,8H2,1-2H3,(H2,15,21,22). The van der Waals surface area contributed by atoms with E-state index in [2.05, 4.69) is 5.32 Å². The quantitative estimate of drug-likeness (QED) is 0.524. The minimum Gasteiger partial charge on any atom is -0.463 e. The predicted molar refractivity (Wildman–Crippen MR) is 86.0 cm³/mol. The van der Waals surface area contributed by atoms with Crippen molar-refractivity contribution >= 4 is 21.4 Å². The van der Waals surface area contributed by atoms with Crippen LogP contribution in [0.4, 0.5) is 11.4 Å². The lowest BCUT2D eigenvalue weighted by atomic mass is 10.0. The Kier molecular flexibility index (Phi) is 4.65. The molecule has 10 heteroatoms. The molecular formula is C14H17N3O6S. The molecule has 0 aliphatic rings. The first-order chi connectivity index (χ1) is 11.0. The van der Waals surface area contributed by atoms with Gasteiger partial charge >= 0.3 is 0 Å². The Hall–Kier alpha value is -2.43. The van der Waals surface area contributed by atoms with Gasteiger partial charge in [0.25, 0.3) is 5.69 Å². The van der Waals surface area contributed by atoms with Crippen LogP contribution in [0.25, 0.3) is 0 Å². The van der Waals surface area contributed by atoms with Gasteiger partial charge in [0.2, 0.25) is 10.0 Å². The van der Waals surface area contributed by atoms with Gasteiger partial charge in [-0.15, -0.1) is 0 Å². The van der Waals surface area contributed by atoms with Crippen molar-refractivity contribution in [1.82, 2.24) is 0 Å². The molecule has 130 valence electrons. The monoisotopic (exact) mass is 355 g/mol. The van der Waals surface area contributed by atoms with E-state index in [4.69, 9.17) is 9.56 Å². The van der Waals surface area contributed by atoms with Gasteiger partial charge in [-0.3, -0.25) is 10.1 Å². The van der Waals surface area contributed by atoms with E-state index in [1.165, 1.54) is 13.0 Å². The number of furan rings is 1. The first-order valence-electron chi connectivity index (χ1n) is 6.85. The Bertz CT molecular complexity index is 872. The Balaban J connectivity index is 2.31. The van der Waals surface area contributed by atoms with Gasteiger partial charge in [0.05, 0.1) is 17.2 Å². The van der Waals surface area contributed by atoms with Crippen LogP contribution < -0.4 is 10.5 Å². The lowest BCUT2D eigenvalue weighted by Gasteiger charge is -2.22. The summed E-state index contributed by atoms with van der Waals surface area (Å²) >= 11 is 0. The molecule has 1 atom stereocenters. The summed E-state index contributed by atoms with van der Waals surface area (Å²) in [7, 11) is -4.19. The Morgan fingerprint density at radius 1 is 1.38 bits per heavy atom. The number of primary sulfonamides is 1. The van der Waals surface area contributed by atoms with Gasteiger partial charge in [0.1, 0.15) is 22.0 Å². The maximum absolute atomic E-state index is 11.7. The molecule has 2 aromatic rings. The normalized spacial score (nSPS) is 14.2. The summed E-state index contributed by atoms with van der Waals surface area (Å²) in [6.07, 6.45) is 0. The molecule has 1 heterocycles. The van der Waals surface area contributed by atoms with Crippen molar-refractivity contribution < 1.29 is 22.9 Å². The maximum atomic E-state index is 11.7. The topological polar surface area (TPSA) is 149 Å². The second-order valence-electron chi connectivity index (χ2n) is 5.52. The van der Waals surface area contributed by atoms with Gasteiger partial charge in [0.15, 0.2) is 0 Å². The van der Waals surface area contributed by atoms with Gasteiger partial charge in [-0.05, 0) is 32.0 Å². The summed E-state index contributed by atoms with van der Waals surface area (Å²) in [6.45, 7) is 3.11. The van der Waals surface area contributed by atoms with E-state index in [1.807, 2.05) is 0 Å². The minimum atomic E-state index is -4.19. The van der Waals surface area contributed by atoms with Gasteiger partial charge < -0.3 is 14.8 Å². The molecule has 9 nitrogen and oxygen atoms in total. The van der Waals surface area contributed by atoms with Crippen LogP contribution in [0.1, 0.15) is 18.4 Å². The maximum Gasteiger partial charge on any atom is 0.270 e. The number of aryl methyl sites for hydroxylation is 1. The molecule has 1 aromatic heterocycles. The molecule has 0 radical (unpaired) electrons. The fraction of sp³-hybridized carbons (Fsp3) is 0.286. The highest BCUT2D eigenvalue weighted by atomic mass is 32.2. The molecule has 0 saturated heterocycles. The molecule has 1 unspecified atom stereocenters. The molecule has 0 saturated carbocycles. The van der Waals surface area contributed by atoms with E-state index in [9.17, 15) is 23.6 Å². The molecule has 4 N–H and O–H groups in total. The molecule has 0 spiro atoms. The first kappa shape index (κ1) is 17.9. The molecule has 0 aliphatic heterocycles. The first-order valence-corrected chi connectivity index (χ1v) is 8.40. The fourth-order valence-corrected chi connectivity index (χ4v) is 2.82. The van der Waals surface area contributed by atoms with Crippen molar-refractivity contribution in [3.63, 3.8) is 0 Å². The van der Waals surface area contributed by atoms with Gasteiger partial charge in [-0.25, -0.2) is 13.6 Å². The molecule has 0 aliphatic carbocycles. The van der Waals surface area contributed by atoms with E-state index in [-0.39, 0.29) is 12.2 Å². The number of nitrogens with one attached hydrogen (secondary N) is 1. The molecule has 24 heavy (non-hydrogen) atoms. The number of aliphatic hydroxyl groups is 1. The Morgan fingerprint density at radius 2 is 2.04 bits per heavy atom. The largest absolute Gasteiger partial charge is 0.463 e. The predicted octanol–water partition coefficient (Wildman–Crippen LogP) is 1.46.